The van der Waals surface area contributed by atoms with Crippen LogP contribution < -0.4 is 5.73 Å². The molecule has 1 saturated heterocycles. The van der Waals surface area contributed by atoms with Crippen molar-refractivity contribution in [2.45, 2.75) is 13.3 Å². The second-order valence-corrected chi connectivity index (χ2v) is 3.12. The maximum atomic E-state index is 11.1. The number of Topliss-reactive ketones (excluding diaryl/α,β-unsaturated/α-hetero) is 1. The van der Waals surface area contributed by atoms with Gasteiger partial charge in [-0.3, -0.25) is 9.59 Å². The Morgan fingerprint density at radius 3 is 2.67 bits per heavy atom. The maximum absolute atomic E-state index is 11.1. The number of nitrogens with zero attached hydrogens (tertiary/aromatic N) is 1. The molecule has 1 amide bonds. The number of hydrogen-bond donors (Lipinski definition) is 1. The smallest absolute Gasteiger partial charge is 0.219 e. The summed E-state index contributed by atoms with van der Waals surface area (Å²) in [5, 5.41) is 0. The maximum Gasteiger partial charge on any atom is 0.219 e. The molecule has 0 bridgehead atoms. The molecule has 0 aromatic rings. The Kier molecular flexibility index (Phi) is 2.81. The van der Waals surface area contributed by atoms with Gasteiger partial charge in [0.1, 0.15) is 0 Å². The standard InChI is InChI=1S/C8H14N2O2/c1-6(11)10-3-2-7(5-10)8(12)4-9/h7H,2-5,9H2,1H3. The molecule has 12 heavy (non-hydrogen) atoms. The number of carbonyl (C=O) groups excluding carboxylic acids is 2. The fraction of sp³-hybridized carbons (Fsp3) is 0.750. The molecule has 0 saturated carbocycles. The van der Waals surface area contributed by atoms with Crippen molar-refractivity contribution in [3.63, 3.8) is 0 Å². The molecular weight excluding hydrogens is 156 g/mol. The minimum atomic E-state index is -0.0149. The highest BCUT2D eigenvalue weighted by atomic mass is 16.2. The summed E-state index contributed by atoms with van der Waals surface area (Å²) >= 11 is 0. The fourth-order valence-electron chi connectivity index (χ4n) is 1.48. The average molecular weight is 170 g/mol. The second-order valence-electron chi connectivity index (χ2n) is 3.12. The number of rotatable bonds is 2. The van der Waals surface area contributed by atoms with Crippen molar-refractivity contribution in [3.8, 4) is 0 Å². The van der Waals surface area contributed by atoms with Crippen LogP contribution in [0.25, 0.3) is 0 Å². The predicted octanol–water partition coefficient (Wildman–Crippen LogP) is -0.617. The molecule has 0 aromatic heterocycles. The van der Waals surface area contributed by atoms with E-state index in [1.165, 1.54) is 6.92 Å². The summed E-state index contributed by atoms with van der Waals surface area (Å²) in [6.07, 6.45) is 0.773. The van der Waals surface area contributed by atoms with Crippen LogP contribution in [0.2, 0.25) is 0 Å². The number of nitrogens with two attached hydrogens (primary N) is 1. The number of hydrogen-bond acceptors (Lipinski definition) is 3. The number of likely N-dealkylation sites (tertiary alicyclic amines) is 1. The van der Waals surface area contributed by atoms with Gasteiger partial charge in [-0.1, -0.05) is 0 Å². The number of amides is 1. The summed E-state index contributed by atoms with van der Waals surface area (Å²) in [7, 11) is 0. The quantitative estimate of drug-likeness (QED) is 0.601. The molecule has 68 valence electrons. The lowest BCUT2D eigenvalue weighted by atomic mass is 10.0. The molecular formula is C8H14N2O2. The molecule has 4 heteroatoms. The molecule has 0 aromatic carbocycles. The van der Waals surface area contributed by atoms with Gasteiger partial charge in [-0.25, -0.2) is 0 Å². The monoisotopic (exact) mass is 170 g/mol. The van der Waals surface area contributed by atoms with E-state index < -0.39 is 0 Å². The van der Waals surface area contributed by atoms with Gasteiger partial charge in [0.15, 0.2) is 5.78 Å². The van der Waals surface area contributed by atoms with Gasteiger partial charge >= 0.3 is 0 Å². The van der Waals surface area contributed by atoms with Gasteiger partial charge in [0, 0.05) is 25.9 Å². The first-order valence-corrected chi connectivity index (χ1v) is 4.13. The van der Waals surface area contributed by atoms with Gasteiger partial charge in [0.25, 0.3) is 0 Å². The minimum absolute atomic E-state index is 0.0149. The molecule has 1 aliphatic rings. The van der Waals surface area contributed by atoms with E-state index in [4.69, 9.17) is 5.73 Å². The topological polar surface area (TPSA) is 63.4 Å². The van der Waals surface area contributed by atoms with Gasteiger partial charge in [-0.15, -0.1) is 0 Å². The first-order valence-electron chi connectivity index (χ1n) is 4.13. The van der Waals surface area contributed by atoms with Crippen molar-refractivity contribution in [2.24, 2.45) is 11.7 Å². The molecule has 0 radical (unpaired) electrons. The van der Waals surface area contributed by atoms with Crippen LogP contribution in [0.4, 0.5) is 0 Å². The van der Waals surface area contributed by atoms with Crippen LogP contribution in [-0.2, 0) is 9.59 Å². The van der Waals surface area contributed by atoms with E-state index in [0.29, 0.717) is 13.1 Å². The Bertz CT molecular complexity index is 203. The zero-order valence-electron chi connectivity index (χ0n) is 7.25. The van der Waals surface area contributed by atoms with Crippen LogP contribution in [0.5, 0.6) is 0 Å². The zero-order chi connectivity index (χ0) is 9.14. The van der Waals surface area contributed by atoms with Crippen LogP contribution in [0.1, 0.15) is 13.3 Å². The van der Waals surface area contributed by atoms with Crippen LogP contribution in [0.15, 0.2) is 0 Å². The summed E-state index contributed by atoms with van der Waals surface area (Å²) in [6, 6.07) is 0. The fourth-order valence-corrected chi connectivity index (χ4v) is 1.48. The predicted molar refractivity (Wildman–Crippen MR) is 44.4 cm³/mol. The summed E-state index contributed by atoms with van der Waals surface area (Å²) in [6.45, 7) is 2.88. The molecule has 1 aliphatic heterocycles. The summed E-state index contributed by atoms with van der Waals surface area (Å²) in [4.78, 5) is 23.7. The first kappa shape index (κ1) is 9.19. The molecule has 2 N–H and O–H groups in total. The second kappa shape index (κ2) is 3.67. The summed E-state index contributed by atoms with van der Waals surface area (Å²) < 4.78 is 0. The molecule has 1 unspecified atom stereocenters. The Morgan fingerprint density at radius 2 is 2.25 bits per heavy atom. The SMILES string of the molecule is CC(=O)N1CCC(C(=O)CN)C1. The van der Waals surface area contributed by atoms with Crippen LogP contribution in [0, 0.1) is 5.92 Å². The lowest BCUT2D eigenvalue weighted by Crippen LogP contribution is -2.29. The van der Waals surface area contributed by atoms with Crippen molar-refractivity contribution < 1.29 is 9.59 Å². The third kappa shape index (κ3) is 1.82. The van der Waals surface area contributed by atoms with Crippen molar-refractivity contribution in [2.75, 3.05) is 19.6 Å². The van der Waals surface area contributed by atoms with Crippen molar-refractivity contribution in [1.29, 1.82) is 0 Å². The summed E-state index contributed by atoms with van der Waals surface area (Å²) in [5.41, 5.74) is 5.22. The van der Waals surface area contributed by atoms with Crippen molar-refractivity contribution in [1.82, 2.24) is 4.90 Å². The van der Waals surface area contributed by atoms with Gasteiger partial charge < -0.3 is 10.6 Å². The molecule has 0 aliphatic carbocycles. The molecule has 0 spiro atoms. The van der Waals surface area contributed by atoms with Crippen LogP contribution >= 0.6 is 0 Å². The largest absolute Gasteiger partial charge is 0.342 e. The number of ketones is 1. The molecule has 1 fully saturated rings. The van der Waals surface area contributed by atoms with Crippen molar-refractivity contribution in [3.05, 3.63) is 0 Å². The van der Waals surface area contributed by atoms with E-state index in [0.717, 1.165) is 6.42 Å². The molecule has 1 atom stereocenters. The third-order valence-corrected chi connectivity index (χ3v) is 2.29. The third-order valence-electron chi connectivity index (χ3n) is 2.29. The van der Waals surface area contributed by atoms with Gasteiger partial charge in [-0.2, -0.15) is 0 Å². The summed E-state index contributed by atoms with van der Waals surface area (Å²) in [5.74, 6) is 0.0972. The Labute approximate surface area is 71.7 Å². The highest BCUT2D eigenvalue weighted by molar-refractivity contribution is 5.84. The normalized spacial score (nSPS) is 22.8. The number of carbonyl (C=O) groups is 2. The first-order chi connectivity index (χ1) is 5.65. The van der Waals surface area contributed by atoms with E-state index in [1.807, 2.05) is 0 Å². The Morgan fingerprint density at radius 1 is 1.58 bits per heavy atom. The zero-order valence-corrected chi connectivity index (χ0v) is 7.25. The average Bonchev–Trinajstić information content (AvgIpc) is 2.51. The minimum Gasteiger partial charge on any atom is -0.342 e. The van der Waals surface area contributed by atoms with Gasteiger partial charge in [0.2, 0.25) is 5.91 Å². The lowest BCUT2D eigenvalue weighted by molar-refractivity contribution is -0.128. The molecule has 4 nitrogen and oxygen atoms in total. The van der Waals surface area contributed by atoms with Gasteiger partial charge in [-0.05, 0) is 6.42 Å². The molecule has 1 heterocycles. The lowest BCUT2D eigenvalue weighted by Gasteiger charge is -2.12. The van der Waals surface area contributed by atoms with E-state index in [9.17, 15) is 9.59 Å². The van der Waals surface area contributed by atoms with E-state index in [2.05, 4.69) is 0 Å². The Hall–Kier alpha value is -0.900. The van der Waals surface area contributed by atoms with Crippen LogP contribution in [-0.4, -0.2) is 36.2 Å². The van der Waals surface area contributed by atoms with E-state index in [1.54, 1.807) is 4.90 Å². The highest BCUT2D eigenvalue weighted by Crippen LogP contribution is 2.16. The molecule has 1 rings (SSSR count). The van der Waals surface area contributed by atoms with E-state index >= 15 is 0 Å². The van der Waals surface area contributed by atoms with Gasteiger partial charge in [0.05, 0.1) is 6.54 Å². The van der Waals surface area contributed by atoms with E-state index in [-0.39, 0.29) is 24.2 Å². The highest BCUT2D eigenvalue weighted by Gasteiger charge is 2.28. The Balaban J connectivity index is 2.45. The van der Waals surface area contributed by atoms with Crippen molar-refractivity contribution >= 4 is 11.7 Å². The van der Waals surface area contributed by atoms with Crippen LogP contribution in [0.3, 0.4) is 0 Å².